The minimum Gasteiger partial charge on any atom is -0.480 e. The van der Waals surface area contributed by atoms with Crippen LogP contribution < -0.4 is 4.74 Å². The summed E-state index contributed by atoms with van der Waals surface area (Å²) in [7, 11) is 1.58. The van der Waals surface area contributed by atoms with Crippen LogP contribution in [0.3, 0.4) is 0 Å². The normalized spacial score (nSPS) is 10.8. The van der Waals surface area contributed by atoms with Gasteiger partial charge in [0, 0.05) is 19.0 Å². The molecular formula is C19H21N3O4. The summed E-state index contributed by atoms with van der Waals surface area (Å²) in [5, 5.41) is 0. The van der Waals surface area contributed by atoms with Gasteiger partial charge < -0.3 is 13.6 Å². The maximum absolute atomic E-state index is 11.8. The van der Waals surface area contributed by atoms with Crippen molar-refractivity contribution < 1.29 is 18.4 Å². The average molecular weight is 355 g/mol. The van der Waals surface area contributed by atoms with Gasteiger partial charge in [-0.3, -0.25) is 4.79 Å². The minimum atomic E-state index is -0.0437. The third kappa shape index (κ3) is 4.56. The fourth-order valence-electron chi connectivity index (χ4n) is 2.67. The van der Waals surface area contributed by atoms with Gasteiger partial charge in [-0.25, -0.2) is 15.0 Å². The Labute approximate surface area is 151 Å². The Hall–Kier alpha value is -2.96. The molecule has 0 aromatic carbocycles. The lowest BCUT2D eigenvalue weighted by Crippen LogP contribution is -1.98. The van der Waals surface area contributed by atoms with Crippen LogP contribution in [0.5, 0.6) is 5.88 Å². The first kappa shape index (κ1) is 17.8. The number of methoxy groups -OCH3 is 1. The zero-order valence-corrected chi connectivity index (χ0v) is 14.7. The van der Waals surface area contributed by atoms with E-state index in [2.05, 4.69) is 15.0 Å². The molecular weight excluding hydrogens is 334 g/mol. The van der Waals surface area contributed by atoms with Crippen LogP contribution >= 0.6 is 0 Å². The van der Waals surface area contributed by atoms with Gasteiger partial charge in [0.05, 0.1) is 25.1 Å². The second kappa shape index (κ2) is 8.94. The summed E-state index contributed by atoms with van der Waals surface area (Å²) >= 11 is 0. The van der Waals surface area contributed by atoms with Crippen molar-refractivity contribution in [3.05, 3.63) is 48.8 Å². The SMILES string of the molecule is COc1ncccc1-c1cnc(CCCCCCC(=O)c2ncco2)o1. The van der Waals surface area contributed by atoms with Crippen molar-refractivity contribution in [1.82, 2.24) is 15.0 Å². The molecule has 0 aliphatic heterocycles. The quantitative estimate of drug-likeness (QED) is 0.399. The Morgan fingerprint density at radius 1 is 1.12 bits per heavy atom. The summed E-state index contributed by atoms with van der Waals surface area (Å²) in [6.07, 6.45) is 11.3. The number of hydrogen-bond donors (Lipinski definition) is 0. The summed E-state index contributed by atoms with van der Waals surface area (Å²) in [4.78, 5) is 24.1. The molecule has 0 radical (unpaired) electrons. The first-order valence-electron chi connectivity index (χ1n) is 8.64. The van der Waals surface area contributed by atoms with Gasteiger partial charge in [-0.1, -0.05) is 12.8 Å². The van der Waals surface area contributed by atoms with Crippen molar-refractivity contribution in [2.75, 3.05) is 7.11 Å². The van der Waals surface area contributed by atoms with Crippen molar-refractivity contribution in [3.63, 3.8) is 0 Å². The van der Waals surface area contributed by atoms with Gasteiger partial charge >= 0.3 is 0 Å². The number of aromatic nitrogens is 3. The van der Waals surface area contributed by atoms with Crippen LogP contribution in [0, 0.1) is 0 Å². The van der Waals surface area contributed by atoms with Crippen LogP contribution in [0.25, 0.3) is 11.3 Å². The highest BCUT2D eigenvalue weighted by Gasteiger charge is 2.12. The van der Waals surface area contributed by atoms with Crippen molar-refractivity contribution in [1.29, 1.82) is 0 Å². The highest BCUT2D eigenvalue weighted by molar-refractivity contribution is 5.91. The molecule has 0 fully saturated rings. The van der Waals surface area contributed by atoms with E-state index in [1.165, 1.54) is 12.5 Å². The topological polar surface area (TPSA) is 91.2 Å². The first-order valence-corrected chi connectivity index (χ1v) is 8.64. The molecule has 136 valence electrons. The summed E-state index contributed by atoms with van der Waals surface area (Å²) in [5.41, 5.74) is 0.791. The predicted octanol–water partition coefficient (Wildman–Crippen LogP) is 4.11. The number of hydrogen-bond acceptors (Lipinski definition) is 7. The Bertz CT molecular complexity index is 827. The van der Waals surface area contributed by atoms with E-state index in [0.29, 0.717) is 24.0 Å². The van der Waals surface area contributed by atoms with E-state index in [-0.39, 0.29) is 11.7 Å². The highest BCUT2D eigenvalue weighted by atomic mass is 16.5. The van der Waals surface area contributed by atoms with Crippen LogP contribution in [0.15, 0.2) is 45.8 Å². The van der Waals surface area contributed by atoms with E-state index in [4.69, 9.17) is 13.6 Å². The molecule has 0 atom stereocenters. The Morgan fingerprint density at radius 3 is 2.81 bits per heavy atom. The summed E-state index contributed by atoms with van der Waals surface area (Å²) < 4.78 is 16.0. The number of oxazole rings is 2. The third-order valence-electron chi connectivity index (χ3n) is 4.00. The molecule has 7 nitrogen and oxygen atoms in total. The van der Waals surface area contributed by atoms with Gasteiger partial charge in [0.2, 0.25) is 11.7 Å². The number of pyridine rings is 1. The van der Waals surface area contributed by atoms with Crippen LogP contribution in [0.1, 0.15) is 48.7 Å². The molecule has 0 N–H and O–H groups in total. The number of ketones is 1. The largest absolute Gasteiger partial charge is 0.480 e. The Morgan fingerprint density at radius 2 is 2.00 bits per heavy atom. The first-order chi connectivity index (χ1) is 12.8. The molecule has 0 bridgehead atoms. The highest BCUT2D eigenvalue weighted by Crippen LogP contribution is 2.28. The number of unbranched alkanes of at least 4 members (excludes halogenated alkanes) is 3. The summed E-state index contributed by atoms with van der Waals surface area (Å²) in [6, 6.07) is 3.72. The van der Waals surface area contributed by atoms with Gasteiger partial charge in [0.15, 0.2) is 11.7 Å². The van der Waals surface area contributed by atoms with Gasteiger partial charge in [-0.15, -0.1) is 0 Å². The van der Waals surface area contributed by atoms with Crippen LogP contribution in [0.4, 0.5) is 0 Å². The van der Waals surface area contributed by atoms with Crippen molar-refractivity contribution in [2.45, 2.75) is 38.5 Å². The maximum Gasteiger partial charge on any atom is 0.263 e. The number of rotatable bonds is 10. The number of nitrogens with zero attached hydrogens (tertiary/aromatic N) is 3. The second-order valence-electron chi connectivity index (χ2n) is 5.85. The molecule has 0 aliphatic rings. The lowest BCUT2D eigenvalue weighted by atomic mass is 10.1. The van der Waals surface area contributed by atoms with Crippen LogP contribution in [-0.4, -0.2) is 27.8 Å². The van der Waals surface area contributed by atoms with Crippen molar-refractivity contribution in [3.8, 4) is 17.2 Å². The second-order valence-corrected chi connectivity index (χ2v) is 5.85. The molecule has 0 aliphatic carbocycles. The van der Waals surface area contributed by atoms with E-state index >= 15 is 0 Å². The number of ether oxygens (including phenoxy) is 1. The van der Waals surface area contributed by atoms with Crippen LogP contribution in [-0.2, 0) is 6.42 Å². The van der Waals surface area contributed by atoms with Crippen LogP contribution in [0.2, 0.25) is 0 Å². The molecule has 7 heteroatoms. The van der Waals surface area contributed by atoms with E-state index in [0.717, 1.165) is 37.7 Å². The van der Waals surface area contributed by atoms with Gasteiger partial charge in [0.25, 0.3) is 5.89 Å². The molecule has 0 saturated carbocycles. The monoisotopic (exact) mass is 355 g/mol. The number of carbonyl (C=O) groups is 1. The standard InChI is InChI=1S/C19H21N3O4/c1-24-18-14(7-6-10-20-18)16-13-22-17(26-16)9-5-3-2-4-8-15(23)19-21-11-12-25-19/h6-7,10-13H,2-5,8-9H2,1H3. The van der Waals surface area contributed by atoms with E-state index in [9.17, 15) is 4.79 Å². The number of Topliss-reactive ketones (excluding diaryl/α,β-unsaturated/α-hetero) is 1. The molecule has 0 amide bonds. The van der Waals surface area contributed by atoms with Gasteiger partial charge in [-0.2, -0.15) is 0 Å². The predicted molar refractivity (Wildman–Crippen MR) is 93.9 cm³/mol. The molecule has 0 saturated heterocycles. The lowest BCUT2D eigenvalue weighted by Gasteiger charge is -2.03. The zero-order chi connectivity index (χ0) is 18.2. The van der Waals surface area contributed by atoms with Gasteiger partial charge in [0.1, 0.15) is 6.26 Å². The molecule has 26 heavy (non-hydrogen) atoms. The number of carbonyl (C=O) groups excluding carboxylic acids is 1. The van der Waals surface area contributed by atoms with E-state index in [1.54, 1.807) is 19.5 Å². The zero-order valence-electron chi connectivity index (χ0n) is 14.7. The molecule has 0 unspecified atom stereocenters. The molecule has 3 heterocycles. The van der Waals surface area contributed by atoms with Gasteiger partial charge in [-0.05, 0) is 25.0 Å². The smallest absolute Gasteiger partial charge is 0.263 e. The average Bonchev–Trinajstić information content (AvgIpc) is 3.36. The van der Waals surface area contributed by atoms with Crippen molar-refractivity contribution in [2.24, 2.45) is 0 Å². The number of aryl methyl sites for hydroxylation is 1. The van der Waals surface area contributed by atoms with E-state index < -0.39 is 0 Å². The lowest BCUT2D eigenvalue weighted by molar-refractivity contribution is 0.0945. The van der Waals surface area contributed by atoms with Crippen molar-refractivity contribution >= 4 is 5.78 Å². The Kier molecular flexibility index (Phi) is 6.14. The molecule has 3 rings (SSSR count). The third-order valence-corrected chi connectivity index (χ3v) is 4.00. The Balaban J connectivity index is 1.39. The van der Waals surface area contributed by atoms with E-state index in [1.807, 2.05) is 12.1 Å². The molecule has 3 aromatic rings. The summed E-state index contributed by atoms with van der Waals surface area (Å²) in [5.74, 6) is 2.02. The minimum absolute atomic E-state index is 0.0437. The fourth-order valence-corrected chi connectivity index (χ4v) is 2.67. The fraction of sp³-hybridized carbons (Fsp3) is 0.368. The maximum atomic E-state index is 11.8. The summed E-state index contributed by atoms with van der Waals surface area (Å²) in [6.45, 7) is 0. The molecule has 3 aromatic heterocycles. The molecule has 0 spiro atoms.